The van der Waals surface area contributed by atoms with Crippen LogP contribution in [0.25, 0.3) is 22.4 Å². The number of para-hydroxylation sites is 1. The average Bonchev–Trinajstić information content (AvgIpc) is 2.68. The molecular weight excluding hydrogens is 298 g/mol. The summed E-state index contributed by atoms with van der Waals surface area (Å²) in [7, 11) is -1.39. The van der Waals surface area contributed by atoms with Crippen molar-refractivity contribution in [2.45, 2.75) is 19.6 Å². The fourth-order valence-corrected chi connectivity index (χ4v) is 4.15. The molecule has 114 valence electrons. The highest BCUT2D eigenvalue weighted by molar-refractivity contribution is 6.88. The second-order valence-corrected chi connectivity index (χ2v) is 12.0. The van der Waals surface area contributed by atoms with Gasteiger partial charge in [0.1, 0.15) is 11.5 Å². The summed E-state index contributed by atoms with van der Waals surface area (Å²) < 4.78 is 6.30. The monoisotopic (exact) mass is 317 g/mol. The number of rotatable bonds is 1. The molecule has 2 heterocycles. The van der Waals surface area contributed by atoms with Gasteiger partial charge in [-0.1, -0.05) is 55.2 Å². The second kappa shape index (κ2) is 5.07. The third kappa shape index (κ3) is 2.37. The van der Waals surface area contributed by atoms with Crippen molar-refractivity contribution in [3.8, 4) is 33.9 Å². The summed E-state index contributed by atoms with van der Waals surface area (Å²) in [6.07, 6.45) is 1.84. The highest BCUT2D eigenvalue weighted by Crippen LogP contribution is 2.45. The quantitative estimate of drug-likeness (QED) is 0.457. The number of hydrogen-bond donors (Lipinski definition) is 0. The minimum Gasteiger partial charge on any atom is -0.456 e. The van der Waals surface area contributed by atoms with E-state index in [-0.39, 0.29) is 0 Å². The Kier molecular flexibility index (Phi) is 3.13. The standard InChI is InChI=1S/C20H19NOSi/c1-23(2,3)14-10-11-15-16-8-6-12-21-20(16)17-7-4-5-9-18(17)22-19(15)13-14/h4-13H,1-3H3. The lowest BCUT2D eigenvalue weighted by atomic mass is 9.99. The maximum Gasteiger partial charge on any atom is 0.136 e. The van der Waals surface area contributed by atoms with Crippen LogP contribution in [0.15, 0.2) is 60.8 Å². The lowest BCUT2D eigenvalue weighted by Gasteiger charge is -2.19. The van der Waals surface area contributed by atoms with Crippen LogP contribution in [0.1, 0.15) is 0 Å². The first kappa shape index (κ1) is 14.2. The summed E-state index contributed by atoms with van der Waals surface area (Å²) in [5.74, 6) is 1.81. The van der Waals surface area contributed by atoms with Crippen molar-refractivity contribution in [3.05, 3.63) is 60.8 Å². The van der Waals surface area contributed by atoms with Gasteiger partial charge >= 0.3 is 0 Å². The number of aromatic nitrogens is 1. The summed E-state index contributed by atoms with van der Waals surface area (Å²) in [5.41, 5.74) is 4.29. The minimum atomic E-state index is -1.39. The van der Waals surface area contributed by atoms with Gasteiger partial charge in [-0.05, 0) is 24.3 Å². The van der Waals surface area contributed by atoms with E-state index in [1.165, 1.54) is 5.19 Å². The van der Waals surface area contributed by atoms with Crippen LogP contribution in [0.2, 0.25) is 19.6 Å². The second-order valence-electron chi connectivity index (χ2n) is 6.96. The molecular formula is C20H19NOSi. The van der Waals surface area contributed by atoms with Gasteiger partial charge in [0.25, 0.3) is 0 Å². The van der Waals surface area contributed by atoms with E-state index < -0.39 is 8.07 Å². The zero-order chi connectivity index (χ0) is 16.0. The molecule has 4 rings (SSSR count). The third-order valence-electron chi connectivity index (χ3n) is 4.31. The Morgan fingerprint density at radius 2 is 1.57 bits per heavy atom. The molecule has 0 bridgehead atoms. The van der Waals surface area contributed by atoms with Crippen molar-refractivity contribution in [1.29, 1.82) is 0 Å². The van der Waals surface area contributed by atoms with Gasteiger partial charge in [-0.15, -0.1) is 0 Å². The zero-order valence-corrected chi connectivity index (χ0v) is 14.6. The molecule has 3 aromatic rings. The number of pyridine rings is 1. The summed E-state index contributed by atoms with van der Waals surface area (Å²) in [6.45, 7) is 7.07. The van der Waals surface area contributed by atoms with Crippen molar-refractivity contribution in [1.82, 2.24) is 4.98 Å². The summed E-state index contributed by atoms with van der Waals surface area (Å²) in [6, 6.07) is 18.9. The van der Waals surface area contributed by atoms with Gasteiger partial charge in [0.2, 0.25) is 0 Å². The predicted molar refractivity (Wildman–Crippen MR) is 98.2 cm³/mol. The van der Waals surface area contributed by atoms with E-state index in [1.54, 1.807) is 0 Å². The Hall–Kier alpha value is -2.39. The molecule has 0 radical (unpaired) electrons. The van der Waals surface area contributed by atoms with E-state index in [0.29, 0.717) is 0 Å². The molecule has 0 saturated carbocycles. The third-order valence-corrected chi connectivity index (χ3v) is 6.35. The number of fused-ring (bicyclic) bond motifs is 5. The van der Waals surface area contributed by atoms with Gasteiger partial charge < -0.3 is 4.74 Å². The molecule has 2 nitrogen and oxygen atoms in total. The van der Waals surface area contributed by atoms with Crippen LogP contribution in [-0.4, -0.2) is 13.1 Å². The van der Waals surface area contributed by atoms with Crippen LogP contribution in [0, 0.1) is 0 Å². The van der Waals surface area contributed by atoms with E-state index in [4.69, 9.17) is 4.74 Å². The van der Waals surface area contributed by atoms with Gasteiger partial charge in [-0.2, -0.15) is 0 Å². The van der Waals surface area contributed by atoms with Gasteiger partial charge in [0.15, 0.2) is 0 Å². The van der Waals surface area contributed by atoms with E-state index in [2.05, 4.69) is 55.0 Å². The lowest BCUT2D eigenvalue weighted by molar-refractivity contribution is 0.488. The molecule has 1 aliphatic rings. The first-order valence-electron chi connectivity index (χ1n) is 7.91. The van der Waals surface area contributed by atoms with Crippen LogP contribution in [0.4, 0.5) is 0 Å². The van der Waals surface area contributed by atoms with Crippen molar-refractivity contribution in [2.75, 3.05) is 0 Å². The molecule has 0 N–H and O–H groups in total. The Morgan fingerprint density at radius 3 is 2.39 bits per heavy atom. The van der Waals surface area contributed by atoms with Crippen molar-refractivity contribution in [2.24, 2.45) is 0 Å². The van der Waals surface area contributed by atoms with Crippen molar-refractivity contribution in [3.63, 3.8) is 0 Å². The van der Waals surface area contributed by atoms with Crippen molar-refractivity contribution < 1.29 is 4.74 Å². The Bertz CT molecular complexity index is 896. The average molecular weight is 317 g/mol. The molecule has 0 atom stereocenters. The Balaban J connectivity index is 2.02. The van der Waals surface area contributed by atoms with E-state index in [1.807, 2.05) is 30.5 Å². The molecule has 2 aromatic carbocycles. The molecule has 3 heteroatoms. The van der Waals surface area contributed by atoms with Crippen LogP contribution >= 0.6 is 0 Å². The smallest absolute Gasteiger partial charge is 0.136 e. The normalized spacial score (nSPS) is 12.5. The van der Waals surface area contributed by atoms with E-state index >= 15 is 0 Å². The molecule has 23 heavy (non-hydrogen) atoms. The fourth-order valence-electron chi connectivity index (χ4n) is 3.00. The highest BCUT2D eigenvalue weighted by atomic mass is 28.3. The number of hydrogen-bond acceptors (Lipinski definition) is 2. The number of benzene rings is 2. The zero-order valence-electron chi connectivity index (χ0n) is 13.6. The molecule has 0 unspecified atom stereocenters. The Morgan fingerprint density at radius 1 is 0.783 bits per heavy atom. The van der Waals surface area contributed by atoms with Gasteiger partial charge in [-0.3, -0.25) is 4.98 Å². The molecule has 0 fully saturated rings. The van der Waals surface area contributed by atoms with Crippen LogP contribution in [0.5, 0.6) is 11.5 Å². The number of ether oxygens (including phenoxy) is 1. The maximum atomic E-state index is 6.30. The fraction of sp³-hybridized carbons (Fsp3) is 0.150. The van der Waals surface area contributed by atoms with Crippen molar-refractivity contribution >= 4 is 13.3 Å². The molecule has 0 aliphatic carbocycles. The maximum absolute atomic E-state index is 6.30. The van der Waals surface area contributed by atoms with Crippen LogP contribution < -0.4 is 9.92 Å². The molecule has 1 aliphatic heterocycles. The van der Waals surface area contributed by atoms with Gasteiger partial charge in [0, 0.05) is 22.9 Å². The van der Waals surface area contributed by atoms with Gasteiger partial charge in [0.05, 0.1) is 13.8 Å². The summed E-state index contributed by atoms with van der Waals surface area (Å²) in [5, 5.41) is 1.40. The highest BCUT2D eigenvalue weighted by Gasteiger charge is 2.24. The Labute approximate surface area is 137 Å². The minimum absolute atomic E-state index is 0.874. The predicted octanol–water partition coefficient (Wildman–Crippen LogP) is 5.07. The summed E-state index contributed by atoms with van der Waals surface area (Å²) >= 11 is 0. The topological polar surface area (TPSA) is 22.1 Å². The van der Waals surface area contributed by atoms with Crippen LogP contribution in [0.3, 0.4) is 0 Å². The van der Waals surface area contributed by atoms with E-state index in [0.717, 1.165) is 33.9 Å². The number of nitrogens with zero attached hydrogens (tertiary/aromatic N) is 1. The van der Waals surface area contributed by atoms with Gasteiger partial charge in [-0.25, -0.2) is 0 Å². The van der Waals surface area contributed by atoms with E-state index in [9.17, 15) is 0 Å². The first-order valence-corrected chi connectivity index (χ1v) is 11.4. The molecule has 0 amide bonds. The van der Waals surface area contributed by atoms with Crippen LogP contribution in [-0.2, 0) is 0 Å². The molecule has 1 aromatic heterocycles. The SMILES string of the molecule is C[Si](C)(C)c1ccc2c(c1)Oc1ccccc1-c1ncccc1-2. The summed E-state index contributed by atoms with van der Waals surface area (Å²) in [4.78, 5) is 4.62. The first-order chi connectivity index (χ1) is 11.0. The lowest BCUT2D eigenvalue weighted by Crippen LogP contribution is -2.37. The largest absolute Gasteiger partial charge is 0.456 e. The molecule has 0 saturated heterocycles. The molecule has 0 spiro atoms.